The van der Waals surface area contributed by atoms with Crippen molar-refractivity contribution in [3.8, 4) is 0 Å². The second-order valence-electron chi connectivity index (χ2n) is 5.53. The van der Waals surface area contributed by atoms with E-state index in [-0.39, 0.29) is 23.6 Å². The summed E-state index contributed by atoms with van der Waals surface area (Å²) in [6.07, 6.45) is 3.37. The minimum Gasteiger partial charge on any atom is -0.325 e. The Morgan fingerprint density at radius 1 is 1.16 bits per heavy atom. The number of nitrogens with zero attached hydrogens (tertiary/aromatic N) is 4. The van der Waals surface area contributed by atoms with Gasteiger partial charge in [-0.2, -0.15) is 0 Å². The highest BCUT2D eigenvalue weighted by Crippen LogP contribution is 2.17. The van der Waals surface area contributed by atoms with E-state index in [1.807, 2.05) is 30.5 Å². The molecule has 0 aliphatic rings. The summed E-state index contributed by atoms with van der Waals surface area (Å²) >= 11 is 1.62. The predicted octanol–water partition coefficient (Wildman–Crippen LogP) is 0.794. The third-order valence-electron chi connectivity index (χ3n) is 3.90. The summed E-state index contributed by atoms with van der Waals surface area (Å²) < 4.78 is 3.73. The number of aryl methyl sites for hydroxylation is 1. The first-order chi connectivity index (χ1) is 11.9. The van der Waals surface area contributed by atoms with E-state index in [4.69, 9.17) is 0 Å². The van der Waals surface area contributed by atoms with Gasteiger partial charge in [-0.05, 0) is 30.5 Å². The van der Waals surface area contributed by atoms with Crippen LogP contribution in [0.5, 0.6) is 0 Å². The SMILES string of the molecule is CSc1ccc(NC(=O)Cn2cnc3c2c(=O)n(C)c(=O)n3C)cc1. The molecule has 8 nitrogen and oxygen atoms in total. The molecule has 130 valence electrons. The fourth-order valence-electron chi connectivity index (χ4n) is 2.55. The van der Waals surface area contributed by atoms with Crippen LogP contribution < -0.4 is 16.6 Å². The van der Waals surface area contributed by atoms with Gasteiger partial charge in [0.15, 0.2) is 11.2 Å². The van der Waals surface area contributed by atoms with E-state index in [1.165, 1.54) is 29.6 Å². The molecule has 0 atom stereocenters. The normalized spacial score (nSPS) is 11.0. The minimum absolute atomic E-state index is 0.0752. The standard InChI is InChI=1S/C16H17N5O3S/c1-19-14-13(15(23)20(2)16(19)24)21(9-17-14)8-12(22)18-10-4-6-11(25-3)7-5-10/h4-7,9H,8H2,1-3H3,(H,18,22). The summed E-state index contributed by atoms with van der Waals surface area (Å²) in [5.74, 6) is -0.285. The van der Waals surface area contributed by atoms with Crippen LogP contribution in [-0.4, -0.2) is 30.8 Å². The summed E-state index contributed by atoms with van der Waals surface area (Å²) in [5.41, 5.74) is 0.212. The molecule has 0 unspecified atom stereocenters. The number of aromatic nitrogens is 4. The lowest BCUT2D eigenvalue weighted by atomic mass is 10.3. The molecule has 3 aromatic rings. The van der Waals surface area contributed by atoms with Gasteiger partial charge < -0.3 is 9.88 Å². The molecule has 3 rings (SSSR count). The lowest BCUT2D eigenvalue weighted by Crippen LogP contribution is -2.37. The number of amides is 1. The maximum atomic E-state index is 12.3. The largest absolute Gasteiger partial charge is 0.332 e. The predicted molar refractivity (Wildman–Crippen MR) is 97.1 cm³/mol. The van der Waals surface area contributed by atoms with Crippen molar-refractivity contribution in [3.05, 3.63) is 51.4 Å². The van der Waals surface area contributed by atoms with Gasteiger partial charge in [0.25, 0.3) is 5.56 Å². The zero-order chi connectivity index (χ0) is 18.1. The highest BCUT2D eigenvalue weighted by atomic mass is 32.2. The quantitative estimate of drug-likeness (QED) is 0.696. The highest BCUT2D eigenvalue weighted by Gasteiger charge is 2.15. The molecular formula is C16H17N5O3S. The van der Waals surface area contributed by atoms with Crippen LogP contribution in [0.25, 0.3) is 11.2 Å². The number of nitrogens with one attached hydrogen (secondary N) is 1. The van der Waals surface area contributed by atoms with Gasteiger partial charge in [0.1, 0.15) is 6.54 Å². The topological polar surface area (TPSA) is 90.9 Å². The van der Waals surface area contributed by atoms with E-state index >= 15 is 0 Å². The van der Waals surface area contributed by atoms with Gasteiger partial charge >= 0.3 is 5.69 Å². The van der Waals surface area contributed by atoms with E-state index < -0.39 is 11.2 Å². The lowest BCUT2D eigenvalue weighted by Gasteiger charge is -2.08. The molecule has 2 aromatic heterocycles. The van der Waals surface area contributed by atoms with E-state index in [0.717, 1.165) is 9.46 Å². The Kier molecular flexibility index (Phi) is 4.49. The van der Waals surface area contributed by atoms with Crippen LogP contribution in [0.15, 0.2) is 45.1 Å². The van der Waals surface area contributed by atoms with Gasteiger partial charge in [-0.15, -0.1) is 11.8 Å². The Bertz CT molecular complexity index is 1060. The van der Waals surface area contributed by atoms with E-state index in [9.17, 15) is 14.4 Å². The molecule has 1 aromatic carbocycles. The van der Waals surface area contributed by atoms with Crippen molar-refractivity contribution < 1.29 is 4.79 Å². The number of carbonyl (C=O) groups is 1. The summed E-state index contributed by atoms with van der Waals surface area (Å²) in [5, 5.41) is 2.78. The zero-order valence-electron chi connectivity index (χ0n) is 14.0. The van der Waals surface area contributed by atoms with E-state index in [2.05, 4.69) is 10.3 Å². The van der Waals surface area contributed by atoms with E-state index in [1.54, 1.807) is 11.8 Å². The second-order valence-corrected chi connectivity index (χ2v) is 6.41. The van der Waals surface area contributed by atoms with Gasteiger partial charge in [-0.1, -0.05) is 0 Å². The van der Waals surface area contributed by atoms with Crippen molar-refractivity contribution in [2.45, 2.75) is 11.4 Å². The summed E-state index contributed by atoms with van der Waals surface area (Å²) in [7, 11) is 2.93. The molecule has 0 spiro atoms. The Hall–Kier alpha value is -2.81. The van der Waals surface area contributed by atoms with Gasteiger partial charge in [-0.25, -0.2) is 9.78 Å². The summed E-state index contributed by atoms with van der Waals surface area (Å²) in [6, 6.07) is 7.47. The smallest absolute Gasteiger partial charge is 0.325 e. The van der Waals surface area contributed by atoms with Crippen molar-refractivity contribution in [3.63, 3.8) is 0 Å². The van der Waals surface area contributed by atoms with Crippen molar-refractivity contribution >= 4 is 34.5 Å². The number of hydrogen-bond acceptors (Lipinski definition) is 5. The van der Waals surface area contributed by atoms with Crippen LogP contribution in [0.4, 0.5) is 5.69 Å². The first-order valence-electron chi connectivity index (χ1n) is 7.47. The molecule has 25 heavy (non-hydrogen) atoms. The number of anilines is 1. The molecule has 0 aliphatic carbocycles. The van der Waals surface area contributed by atoms with Gasteiger partial charge in [-0.3, -0.25) is 18.7 Å². The number of hydrogen-bond donors (Lipinski definition) is 1. The first kappa shape index (κ1) is 17.0. The molecule has 0 bridgehead atoms. The maximum absolute atomic E-state index is 12.3. The Morgan fingerprint density at radius 3 is 2.48 bits per heavy atom. The molecule has 1 amide bonds. The molecule has 1 N–H and O–H groups in total. The average molecular weight is 359 g/mol. The van der Waals surface area contributed by atoms with Gasteiger partial charge in [0.2, 0.25) is 5.91 Å². The number of fused-ring (bicyclic) bond motifs is 1. The number of benzene rings is 1. The molecule has 0 aliphatic heterocycles. The Morgan fingerprint density at radius 2 is 1.84 bits per heavy atom. The summed E-state index contributed by atoms with van der Waals surface area (Å²) in [6.45, 7) is -0.0752. The highest BCUT2D eigenvalue weighted by molar-refractivity contribution is 7.98. The molecule has 0 radical (unpaired) electrons. The Labute approximate surface area is 147 Å². The van der Waals surface area contributed by atoms with Crippen molar-refractivity contribution in [2.75, 3.05) is 11.6 Å². The third kappa shape index (κ3) is 3.10. The van der Waals surface area contributed by atoms with Crippen LogP contribution in [-0.2, 0) is 25.4 Å². The molecule has 0 fully saturated rings. The average Bonchev–Trinajstić information content (AvgIpc) is 3.02. The van der Waals surface area contributed by atoms with Crippen LogP contribution in [0.2, 0.25) is 0 Å². The fraction of sp³-hybridized carbons (Fsp3) is 0.250. The molecule has 0 saturated carbocycles. The van der Waals surface area contributed by atoms with Crippen LogP contribution in [0.3, 0.4) is 0 Å². The van der Waals surface area contributed by atoms with Crippen molar-refractivity contribution in [1.29, 1.82) is 0 Å². The number of carbonyl (C=O) groups excluding carboxylic acids is 1. The lowest BCUT2D eigenvalue weighted by molar-refractivity contribution is -0.116. The van der Waals surface area contributed by atoms with Crippen LogP contribution in [0, 0.1) is 0 Å². The van der Waals surface area contributed by atoms with Crippen LogP contribution in [0.1, 0.15) is 0 Å². The number of thioether (sulfide) groups is 1. The monoisotopic (exact) mass is 359 g/mol. The number of imidazole rings is 1. The zero-order valence-corrected chi connectivity index (χ0v) is 14.8. The van der Waals surface area contributed by atoms with Crippen molar-refractivity contribution in [1.82, 2.24) is 18.7 Å². The van der Waals surface area contributed by atoms with E-state index in [0.29, 0.717) is 5.69 Å². The molecule has 2 heterocycles. The minimum atomic E-state index is -0.479. The second kappa shape index (κ2) is 6.60. The summed E-state index contributed by atoms with van der Waals surface area (Å²) in [4.78, 5) is 41.7. The molecule has 9 heteroatoms. The fourth-order valence-corrected chi connectivity index (χ4v) is 2.95. The van der Waals surface area contributed by atoms with Gasteiger partial charge in [0.05, 0.1) is 6.33 Å². The van der Waals surface area contributed by atoms with Gasteiger partial charge in [0, 0.05) is 24.7 Å². The van der Waals surface area contributed by atoms with Crippen LogP contribution >= 0.6 is 11.8 Å². The number of rotatable bonds is 4. The third-order valence-corrected chi connectivity index (χ3v) is 4.65. The maximum Gasteiger partial charge on any atom is 0.332 e. The molecular weight excluding hydrogens is 342 g/mol. The Balaban J connectivity index is 1.89. The molecule has 0 saturated heterocycles. The first-order valence-corrected chi connectivity index (χ1v) is 8.69. The van der Waals surface area contributed by atoms with Crippen molar-refractivity contribution in [2.24, 2.45) is 14.1 Å².